The molecule has 33 heavy (non-hydrogen) atoms. The summed E-state index contributed by atoms with van der Waals surface area (Å²) in [7, 11) is -3.64. The van der Waals surface area contributed by atoms with Gasteiger partial charge < -0.3 is 10.1 Å². The molecule has 2 aromatic carbocycles. The van der Waals surface area contributed by atoms with Crippen LogP contribution in [0.5, 0.6) is 0 Å². The highest BCUT2D eigenvalue weighted by Crippen LogP contribution is 2.29. The van der Waals surface area contributed by atoms with E-state index in [-0.39, 0.29) is 23.0 Å². The van der Waals surface area contributed by atoms with Gasteiger partial charge in [-0.1, -0.05) is 30.0 Å². The molecular weight excluding hydrogens is 458 g/mol. The maximum atomic E-state index is 13.0. The first kappa shape index (κ1) is 23.4. The first-order valence-corrected chi connectivity index (χ1v) is 12.8. The highest BCUT2D eigenvalue weighted by Gasteiger charge is 2.32. The Balaban J connectivity index is 1.48. The zero-order valence-corrected chi connectivity index (χ0v) is 20.0. The predicted octanol–water partition coefficient (Wildman–Crippen LogP) is 4.28. The molecule has 0 aliphatic carbocycles. The lowest BCUT2D eigenvalue weighted by molar-refractivity contribution is -0.0440. The van der Waals surface area contributed by atoms with Crippen molar-refractivity contribution in [3.05, 3.63) is 78.5 Å². The Morgan fingerprint density at radius 1 is 1.00 bits per heavy atom. The SMILES string of the molecule is CC1CN(S(=O)(=O)c2ccc(NC(=O)c3cccnc3Sc3ccccc3)cc2)CC(C)O1. The molecule has 2 atom stereocenters. The molecule has 4 rings (SSSR count). The summed E-state index contributed by atoms with van der Waals surface area (Å²) in [5.41, 5.74) is 0.946. The van der Waals surface area contributed by atoms with Crippen molar-refractivity contribution in [1.29, 1.82) is 0 Å². The van der Waals surface area contributed by atoms with E-state index in [9.17, 15) is 13.2 Å². The number of ether oxygens (including phenoxy) is 1. The molecule has 7 nitrogen and oxygen atoms in total. The number of amides is 1. The summed E-state index contributed by atoms with van der Waals surface area (Å²) < 4.78 is 33.1. The maximum Gasteiger partial charge on any atom is 0.258 e. The third-order valence-corrected chi connectivity index (χ3v) is 7.98. The van der Waals surface area contributed by atoms with E-state index in [2.05, 4.69) is 10.3 Å². The van der Waals surface area contributed by atoms with Crippen LogP contribution in [-0.4, -0.2) is 48.9 Å². The van der Waals surface area contributed by atoms with Gasteiger partial charge in [0, 0.05) is 29.9 Å². The van der Waals surface area contributed by atoms with Gasteiger partial charge in [0.05, 0.1) is 22.7 Å². The van der Waals surface area contributed by atoms with Gasteiger partial charge in [0.15, 0.2) is 0 Å². The lowest BCUT2D eigenvalue weighted by Crippen LogP contribution is -2.48. The van der Waals surface area contributed by atoms with Crippen LogP contribution in [0.15, 0.2) is 87.7 Å². The Morgan fingerprint density at radius 2 is 1.67 bits per heavy atom. The van der Waals surface area contributed by atoms with Crippen LogP contribution in [-0.2, 0) is 14.8 Å². The molecule has 0 saturated carbocycles. The fraction of sp³-hybridized carbons (Fsp3) is 0.250. The van der Waals surface area contributed by atoms with Gasteiger partial charge in [-0.25, -0.2) is 13.4 Å². The fourth-order valence-electron chi connectivity index (χ4n) is 3.63. The molecule has 1 aliphatic heterocycles. The number of sulfonamides is 1. The number of morpholine rings is 1. The Kier molecular flexibility index (Phi) is 7.14. The van der Waals surface area contributed by atoms with Crippen LogP contribution in [0.1, 0.15) is 24.2 Å². The molecule has 0 bridgehead atoms. The number of hydrogen-bond acceptors (Lipinski definition) is 6. The van der Waals surface area contributed by atoms with E-state index < -0.39 is 10.0 Å². The molecule has 0 radical (unpaired) electrons. The number of nitrogens with zero attached hydrogens (tertiary/aromatic N) is 2. The molecule has 1 amide bonds. The van der Waals surface area contributed by atoms with Crippen molar-refractivity contribution < 1.29 is 17.9 Å². The minimum absolute atomic E-state index is 0.162. The Bertz CT molecular complexity index is 1210. The molecule has 1 aliphatic rings. The molecule has 1 N–H and O–H groups in total. The summed E-state index contributed by atoms with van der Waals surface area (Å²) >= 11 is 1.41. The standard InChI is InChI=1S/C24H25N3O4S2/c1-17-15-27(16-18(2)31-17)33(29,30)21-12-10-19(11-13-21)26-23(28)22-9-6-14-25-24(22)32-20-7-4-3-5-8-20/h3-14,17-18H,15-16H2,1-2H3,(H,26,28). The number of carbonyl (C=O) groups is 1. The van der Waals surface area contributed by atoms with Gasteiger partial charge in [-0.3, -0.25) is 4.79 Å². The summed E-state index contributed by atoms with van der Waals surface area (Å²) in [4.78, 5) is 18.4. The molecule has 2 unspecified atom stereocenters. The van der Waals surface area contributed by atoms with E-state index in [1.165, 1.54) is 28.2 Å². The van der Waals surface area contributed by atoms with Gasteiger partial charge in [0.2, 0.25) is 10.0 Å². The van der Waals surface area contributed by atoms with E-state index in [0.29, 0.717) is 29.4 Å². The van der Waals surface area contributed by atoms with Crippen molar-refractivity contribution in [2.24, 2.45) is 0 Å². The van der Waals surface area contributed by atoms with Gasteiger partial charge in [-0.15, -0.1) is 0 Å². The number of pyridine rings is 1. The molecule has 9 heteroatoms. The molecule has 172 valence electrons. The summed E-state index contributed by atoms with van der Waals surface area (Å²) in [6, 6.07) is 19.3. The van der Waals surface area contributed by atoms with Crippen molar-refractivity contribution in [3.8, 4) is 0 Å². The quantitative estimate of drug-likeness (QED) is 0.563. The molecule has 1 aromatic heterocycles. The fourth-order valence-corrected chi connectivity index (χ4v) is 6.12. The Hall–Kier alpha value is -2.72. The van der Waals surface area contributed by atoms with E-state index in [1.807, 2.05) is 44.2 Å². The summed E-state index contributed by atoms with van der Waals surface area (Å²) in [5, 5.41) is 3.43. The van der Waals surface area contributed by atoms with E-state index in [4.69, 9.17) is 4.74 Å². The van der Waals surface area contributed by atoms with Crippen molar-refractivity contribution in [3.63, 3.8) is 0 Å². The number of carbonyl (C=O) groups excluding carboxylic acids is 1. The molecule has 1 fully saturated rings. The van der Waals surface area contributed by atoms with E-state index in [1.54, 1.807) is 30.5 Å². The number of rotatable bonds is 6. The van der Waals surface area contributed by atoms with Crippen molar-refractivity contribution >= 4 is 33.4 Å². The van der Waals surface area contributed by atoms with Crippen LogP contribution in [0.3, 0.4) is 0 Å². The third-order valence-electron chi connectivity index (χ3n) is 5.11. The largest absolute Gasteiger partial charge is 0.373 e. The van der Waals surface area contributed by atoms with E-state index in [0.717, 1.165) is 4.90 Å². The number of aromatic nitrogens is 1. The Labute approximate surface area is 198 Å². The van der Waals surface area contributed by atoms with Gasteiger partial charge in [-0.2, -0.15) is 4.31 Å². The van der Waals surface area contributed by atoms with Crippen LogP contribution >= 0.6 is 11.8 Å². The molecule has 2 heterocycles. The average Bonchev–Trinajstić information content (AvgIpc) is 2.80. The minimum atomic E-state index is -3.64. The smallest absolute Gasteiger partial charge is 0.258 e. The highest BCUT2D eigenvalue weighted by atomic mass is 32.2. The molecule has 3 aromatic rings. The monoisotopic (exact) mass is 483 g/mol. The van der Waals surface area contributed by atoms with Crippen molar-refractivity contribution in [2.45, 2.75) is 40.9 Å². The van der Waals surface area contributed by atoms with Crippen LogP contribution in [0.4, 0.5) is 5.69 Å². The first-order valence-electron chi connectivity index (χ1n) is 10.6. The summed E-state index contributed by atoms with van der Waals surface area (Å²) in [5.74, 6) is -0.312. The molecular formula is C24H25N3O4S2. The van der Waals surface area contributed by atoms with Crippen LogP contribution in [0.25, 0.3) is 0 Å². The summed E-state index contributed by atoms with van der Waals surface area (Å²) in [6.45, 7) is 4.35. The number of hydrogen-bond donors (Lipinski definition) is 1. The summed E-state index contributed by atoms with van der Waals surface area (Å²) in [6.07, 6.45) is 1.32. The van der Waals surface area contributed by atoms with E-state index >= 15 is 0 Å². The third kappa shape index (κ3) is 5.62. The second-order valence-corrected chi connectivity index (χ2v) is 10.8. The van der Waals surface area contributed by atoms with Gasteiger partial charge in [0.25, 0.3) is 5.91 Å². The second kappa shape index (κ2) is 10.0. The van der Waals surface area contributed by atoms with Crippen molar-refractivity contribution in [1.82, 2.24) is 9.29 Å². The van der Waals surface area contributed by atoms with Gasteiger partial charge >= 0.3 is 0 Å². The maximum absolute atomic E-state index is 13.0. The zero-order valence-electron chi connectivity index (χ0n) is 18.3. The van der Waals surface area contributed by atoms with Gasteiger partial charge in [-0.05, 0) is 62.4 Å². The number of benzene rings is 2. The molecule has 0 spiro atoms. The first-order chi connectivity index (χ1) is 15.8. The lowest BCUT2D eigenvalue weighted by Gasteiger charge is -2.34. The Morgan fingerprint density at radius 3 is 2.33 bits per heavy atom. The number of anilines is 1. The predicted molar refractivity (Wildman–Crippen MR) is 128 cm³/mol. The second-order valence-electron chi connectivity index (χ2n) is 7.83. The van der Waals surface area contributed by atoms with Crippen LogP contribution in [0, 0.1) is 0 Å². The topological polar surface area (TPSA) is 88.6 Å². The normalized spacial score (nSPS) is 19.2. The highest BCUT2D eigenvalue weighted by molar-refractivity contribution is 7.99. The van der Waals surface area contributed by atoms with Crippen molar-refractivity contribution in [2.75, 3.05) is 18.4 Å². The lowest BCUT2D eigenvalue weighted by atomic mass is 10.2. The van der Waals surface area contributed by atoms with Crippen LogP contribution < -0.4 is 5.32 Å². The minimum Gasteiger partial charge on any atom is -0.373 e. The average molecular weight is 484 g/mol. The molecule has 1 saturated heterocycles. The van der Waals surface area contributed by atoms with Crippen LogP contribution in [0.2, 0.25) is 0 Å². The van der Waals surface area contributed by atoms with Gasteiger partial charge in [0.1, 0.15) is 5.03 Å². The zero-order chi connectivity index (χ0) is 23.4. The number of nitrogens with one attached hydrogen (secondary N) is 1.